The maximum atomic E-state index is 12.1. The molecular formula is C30H34O3. The second-order valence-corrected chi connectivity index (χ2v) is 11.2. The Morgan fingerprint density at radius 3 is 2.09 bits per heavy atom. The number of phenols is 1. The fourth-order valence-corrected chi connectivity index (χ4v) is 4.80. The van der Waals surface area contributed by atoms with Gasteiger partial charge < -0.3 is 9.84 Å². The average Bonchev–Trinajstić information content (AvgIpc) is 3.08. The Bertz CT molecular complexity index is 1200. The van der Waals surface area contributed by atoms with E-state index in [0.717, 1.165) is 39.8 Å². The van der Waals surface area contributed by atoms with Crippen molar-refractivity contribution in [2.24, 2.45) is 0 Å². The SMILES string of the molecule is CC(=O)Oc1c(Cc2cc(C(C)(C)C)c(O)c(C(C)(C)C)c2)ccc2c1Cc1ccccc1-2. The Morgan fingerprint density at radius 2 is 1.52 bits per heavy atom. The molecule has 0 bridgehead atoms. The highest BCUT2D eigenvalue weighted by Gasteiger charge is 2.28. The van der Waals surface area contributed by atoms with Gasteiger partial charge in [0.2, 0.25) is 0 Å². The Balaban J connectivity index is 1.85. The van der Waals surface area contributed by atoms with Gasteiger partial charge >= 0.3 is 5.97 Å². The molecule has 33 heavy (non-hydrogen) atoms. The molecule has 1 aliphatic carbocycles. The molecule has 1 aliphatic rings. The zero-order valence-electron chi connectivity index (χ0n) is 20.8. The lowest BCUT2D eigenvalue weighted by Crippen LogP contribution is -2.18. The third-order valence-corrected chi connectivity index (χ3v) is 6.44. The van der Waals surface area contributed by atoms with E-state index in [9.17, 15) is 9.90 Å². The molecule has 3 aromatic rings. The third kappa shape index (κ3) is 4.42. The number of phenolic OH excluding ortho intramolecular Hbond substituents is 1. The molecule has 0 saturated heterocycles. The van der Waals surface area contributed by atoms with Crippen molar-refractivity contribution >= 4 is 5.97 Å². The van der Waals surface area contributed by atoms with Crippen LogP contribution in [0, 0.1) is 0 Å². The molecule has 3 aromatic carbocycles. The smallest absolute Gasteiger partial charge is 0.308 e. The second-order valence-electron chi connectivity index (χ2n) is 11.2. The number of rotatable bonds is 3. The monoisotopic (exact) mass is 442 g/mol. The van der Waals surface area contributed by atoms with Gasteiger partial charge in [0.1, 0.15) is 11.5 Å². The van der Waals surface area contributed by atoms with E-state index in [4.69, 9.17) is 4.74 Å². The first-order valence-corrected chi connectivity index (χ1v) is 11.6. The predicted molar refractivity (Wildman–Crippen MR) is 134 cm³/mol. The Kier molecular flexibility index (Phi) is 5.64. The van der Waals surface area contributed by atoms with Crippen molar-refractivity contribution in [1.82, 2.24) is 0 Å². The summed E-state index contributed by atoms with van der Waals surface area (Å²) < 4.78 is 5.82. The summed E-state index contributed by atoms with van der Waals surface area (Å²) in [5.74, 6) is 0.749. The van der Waals surface area contributed by atoms with Gasteiger partial charge in [0, 0.05) is 25.3 Å². The Labute approximate surface area is 197 Å². The van der Waals surface area contributed by atoms with Crippen LogP contribution in [0.5, 0.6) is 11.5 Å². The third-order valence-electron chi connectivity index (χ3n) is 6.44. The number of carbonyl (C=O) groups is 1. The molecule has 3 heteroatoms. The van der Waals surface area contributed by atoms with E-state index < -0.39 is 0 Å². The highest BCUT2D eigenvalue weighted by atomic mass is 16.5. The molecule has 0 aliphatic heterocycles. The molecule has 0 spiro atoms. The van der Waals surface area contributed by atoms with E-state index in [1.807, 2.05) is 6.07 Å². The van der Waals surface area contributed by atoms with Gasteiger partial charge in [0.15, 0.2) is 0 Å². The molecule has 1 N–H and O–H groups in total. The van der Waals surface area contributed by atoms with E-state index in [1.165, 1.54) is 18.1 Å². The summed E-state index contributed by atoms with van der Waals surface area (Å²) in [6.45, 7) is 14.2. The number of hydrogen-bond acceptors (Lipinski definition) is 3. The van der Waals surface area contributed by atoms with Crippen molar-refractivity contribution in [2.45, 2.75) is 72.1 Å². The van der Waals surface area contributed by atoms with Gasteiger partial charge in [-0.15, -0.1) is 0 Å². The minimum atomic E-state index is -0.308. The zero-order chi connectivity index (χ0) is 24.1. The molecule has 3 nitrogen and oxygen atoms in total. The number of hydrogen-bond donors (Lipinski definition) is 1. The quantitative estimate of drug-likeness (QED) is 0.272. The molecule has 0 heterocycles. The molecule has 0 saturated carbocycles. The van der Waals surface area contributed by atoms with Gasteiger partial charge in [-0.2, -0.15) is 0 Å². The zero-order valence-corrected chi connectivity index (χ0v) is 20.8. The van der Waals surface area contributed by atoms with Gasteiger partial charge in [0.05, 0.1) is 0 Å². The number of aromatic hydroxyl groups is 1. The van der Waals surface area contributed by atoms with Crippen LogP contribution in [0.15, 0.2) is 48.5 Å². The molecule has 172 valence electrons. The largest absolute Gasteiger partial charge is 0.507 e. The number of carbonyl (C=O) groups excluding carboxylic acids is 1. The van der Waals surface area contributed by atoms with Crippen molar-refractivity contribution in [3.05, 3.63) is 81.9 Å². The molecule has 4 rings (SSSR count). The number of ether oxygens (including phenoxy) is 1. The van der Waals surface area contributed by atoms with Gasteiger partial charge in [-0.3, -0.25) is 4.79 Å². The van der Waals surface area contributed by atoms with Crippen LogP contribution < -0.4 is 4.74 Å². The van der Waals surface area contributed by atoms with Crippen molar-refractivity contribution in [2.75, 3.05) is 0 Å². The van der Waals surface area contributed by atoms with Crippen LogP contribution >= 0.6 is 0 Å². The summed E-state index contributed by atoms with van der Waals surface area (Å²) in [7, 11) is 0. The highest BCUT2D eigenvalue weighted by Crippen LogP contribution is 2.44. The van der Waals surface area contributed by atoms with Crippen molar-refractivity contribution in [3.8, 4) is 22.6 Å². The summed E-state index contributed by atoms with van der Waals surface area (Å²) in [6.07, 6.45) is 1.39. The van der Waals surface area contributed by atoms with Crippen molar-refractivity contribution in [3.63, 3.8) is 0 Å². The summed E-state index contributed by atoms with van der Waals surface area (Å²) in [4.78, 5) is 12.1. The standard InChI is InChI=1S/C30H34O3/c1-18(31)33-28-21(12-13-23-22-11-9-8-10-20(22)17-24(23)28)14-19-15-25(29(2,3)4)27(32)26(16-19)30(5,6)7/h8-13,15-16,32H,14,17H2,1-7H3. The van der Waals surface area contributed by atoms with Crippen molar-refractivity contribution < 1.29 is 14.6 Å². The Morgan fingerprint density at radius 1 is 0.909 bits per heavy atom. The first-order chi connectivity index (χ1) is 15.4. The number of fused-ring (bicyclic) bond motifs is 3. The van der Waals surface area contributed by atoms with Crippen LogP contribution in [0.4, 0.5) is 0 Å². The maximum Gasteiger partial charge on any atom is 0.308 e. The lowest BCUT2D eigenvalue weighted by molar-refractivity contribution is -0.131. The summed E-state index contributed by atoms with van der Waals surface area (Å²) >= 11 is 0. The van der Waals surface area contributed by atoms with E-state index in [1.54, 1.807) is 0 Å². The second kappa shape index (κ2) is 8.06. The van der Waals surface area contributed by atoms with Crippen LogP contribution in [0.3, 0.4) is 0 Å². The van der Waals surface area contributed by atoms with Crippen LogP contribution in [-0.2, 0) is 28.5 Å². The topological polar surface area (TPSA) is 46.5 Å². The highest BCUT2D eigenvalue weighted by molar-refractivity contribution is 5.82. The van der Waals surface area contributed by atoms with E-state index in [-0.39, 0.29) is 16.8 Å². The van der Waals surface area contributed by atoms with E-state index in [0.29, 0.717) is 17.9 Å². The fourth-order valence-electron chi connectivity index (χ4n) is 4.80. The van der Waals surface area contributed by atoms with E-state index >= 15 is 0 Å². The summed E-state index contributed by atoms with van der Waals surface area (Å²) in [6, 6.07) is 16.8. The molecule has 0 unspecified atom stereocenters. The lowest BCUT2D eigenvalue weighted by atomic mass is 9.78. The normalized spacial score (nSPS) is 12.9. The molecule has 0 amide bonds. The van der Waals surface area contributed by atoms with Crippen LogP contribution in [0.25, 0.3) is 11.1 Å². The first-order valence-electron chi connectivity index (χ1n) is 11.6. The maximum absolute atomic E-state index is 12.1. The van der Waals surface area contributed by atoms with Gasteiger partial charge in [0.25, 0.3) is 0 Å². The molecule has 0 fully saturated rings. The molecule has 0 aromatic heterocycles. The Hall–Kier alpha value is -3.07. The van der Waals surface area contributed by atoms with Crippen LogP contribution in [0.1, 0.15) is 81.8 Å². The summed E-state index contributed by atoms with van der Waals surface area (Å²) in [5.41, 5.74) is 8.26. The van der Waals surface area contributed by atoms with Crippen LogP contribution in [-0.4, -0.2) is 11.1 Å². The lowest BCUT2D eigenvalue weighted by Gasteiger charge is -2.28. The van der Waals surface area contributed by atoms with E-state index in [2.05, 4.69) is 84.0 Å². The van der Waals surface area contributed by atoms with Crippen LogP contribution in [0.2, 0.25) is 0 Å². The van der Waals surface area contributed by atoms with Crippen molar-refractivity contribution in [1.29, 1.82) is 0 Å². The number of esters is 1. The minimum Gasteiger partial charge on any atom is -0.507 e. The predicted octanol–water partition coefficient (Wildman–Crippen LogP) is 7.07. The van der Waals surface area contributed by atoms with Gasteiger partial charge in [-0.05, 0) is 49.8 Å². The van der Waals surface area contributed by atoms with Gasteiger partial charge in [-0.25, -0.2) is 0 Å². The fraction of sp³-hybridized carbons (Fsp3) is 0.367. The first kappa shape index (κ1) is 23.1. The molecule has 0 atom stereocenters. The van der Waals surface area contributed by atoms with Gasteiger partial charge in [-0.1, -0.05) is 90.1 Å². The number of benzene rings is 3. The molecule has 0 radical (unpaired) electrons. The average molecular weight is 443 g/mol. The summed E-state index contributed by atoms with van der Waals surface area (Å²) in [5, 5.41) is 11.1. The minimum absolute atomic E-state index is 0.196. The molecular weight excluding hydrogens is 408 g/mol.